The molecule has 0 heterocycles. The summed E-state index contributed by atoms with van der Waals surface area (Å²) in [5, 5.41) is 10.1. The maximum absolute atomic E-state index is 13.8. The predicted molar refractivity (Wildman–Crippen MR) is 75.7 cm³/mol. The molecule has 0 aliphatic carbocycles. The lowest BCUT2D eigenvalue weighted by atomic mass is 10.0. The maximum atomic E-state index is 13.8. The molecule has 2 nitrogen and oxygen atoms in total. The summed E-state index contributed by atoms with van der Waals surface area (Å²) < 4.78 is 32.6. The van der Waals surface area contributed by atoms with Crippen molar-refractivity contribution < 1.29 is 18.6 Å². The molecule has 106 valence electrons. The number of aliphatic hydroxyl groups is 1. The molecule has 0 aromatic heterocycles. The molecule has 0 fully saturated rings. The highest BCUT2D eigenvalue weighted by Crippen LogP contribution is 2.26. The van der Waals surface area contributed by atoms with Gasteiger partial charge < -0.3 is 9.84 Å². The van der Waals surface area contributed by atoms with E-state index in [1.165, 1.54) is 31.4 Å². The van der Waals surface area contributed by atoms with Crippen molar-refractivity contribution in [1.29, 1.82) is 0 Å². The van der Waals surface area contributed by atoms with Gasteiger partial charge in [-0.25, -0.2) is 8.78 Å². The van der Waals surface area contributed by atoms with E-state index in [2.05, 4.69) is 15.9 Å². The first-order chi connectivity index (χ1) is 9.49. The molecule has 0 saturated carbocycles. The van der Waals surface area contributed by atoms with E-state index in [1.807, 2.05) is 0 Å². The Kier molecular flexibility index (Phi) is 4.73. The van der Waals surface area contributed by atoms with Crippen LogP contribution >= 0.6 is 15.9 Å². The first-order valence-electron chi connectivity index (χ1n) is 5.96. The number of methoxy groups -OCH3 is 1. The third-order valence-electron chi connectivity index (χ3n) is 2.92. The van der Waals surface area contributed by atoms with Crippen molar-refractivity contribution in [1.82, 2.24) is 0 Å². The van der Waals surface area contributed by atoms with Crippen LogP contribution < -0.4 is 4.74 Å². The van der Waals surface area contributed by atoms with E-state index in [-0.39, 0.29) is 12.0 Å². The summed E-state index contributed by atoms with van der Waals surface area (Å²) in [6.07, 6.45) is -0.922. The van der Waals surface area contributed by atoms with Crippen LogP contribution in [0.4, 0.5) is 8.78 Å². The van der Waals surface area contributed by atoms with E-state index in [0.717, 1.165) is 0 Å². The standard InChI is InChI=1S/C15H13BrF2O2/c1-20-12-2-3-13(14(18)8-12)15(19)6-9-4-10(16)7-11(17)5-9/h2-5,7-8,15,19H,6H2,1H3. The fourth-order valence-electron chi connectivity index (χ4n) is 1.97. The second-order valence-corrected chi connectivity index (χ2v) is 5.30. The number of hydrogen-bond donors (Lipinski definition) is 1. The first-order valence-corrected chi connectivity index (χ1v) is 6.75. The SMILES string of the molecule is COc1ccc(C(O)Cc2cc(F)cc(Br)c2)c(F)c1. The lowest BCUT2D eigenvalue weighted by Crippen LogP contribution is -2.05. The van der Waals surface area contributed by atoms with Crippen LogP contribution in [0.25, 0.3) is 0 Å². The van der Waals surface area contributed by atoms with E-state index >= 15 is 0 Å². The van der Waals surface area contributed by atoms with Crippen LogP contribution in [0, 0.1) is 11.6 Å². The molecule has 0 aliphatic rings. The van der Waals surface area contributed by atoms with Gasteiger partial charge in [0.1, 0.15) is 17.4 Å². The van der Waals surface area contributed by atoms with E-state index in [9.17, 15) is 13.9 Å². The Labute approximate surface area is 124 Å². The van der Waals surface area contributed by atoms with Crippen molar-refractivity contribution in [2.75, 3.05) is 7.11 Å². The summed E-state index contributed by atoms with van der Waals surface area (Å²) in [5.41, 5.74) is 0.741. The molecule has 20 heavy (non-hydrogen) atoms. The van der Waals surface area contributed by atoms with E-state index < -0.39 is 17.7 Å². The third-order valence-corrected chi connectivity index (χ3v) is 3.38. The fourth-order valence-corrected chi connectivity index (χ4v) is 2.48. The predicted octanol–water partition coefficient (Wildman–Crippen LogP) is 4.01. The normalized spacial score (nSPS) is 12.2. The zero-order chi connectivity index (χ0) is 14.7. The average Bonchev–Trinajstić information content (AvgIpc) is 2.36. The van der Waals surface area contributed by atoms with Crippen LogP contribution in [-0.2, 0) is 6.42 Å². The Morgan fingerprint density at radius 1 is 1.20 bits per heavy atom. The van der Waals surface area contributed by atoms with Crippen LogP contribution in [-0.4, -0.2) is 12.2 Å². The molecule has 2 rings (SSSR count). The molecule has 2 aromatic carbocycles. The molecule has 0 aliphatic heterocycles. The fraction of sp³-hybridized carbons (Fsp3) is 0.200. The Balaban J connectivity index is 2.21. The van der Waals surface area contributed by atoms with Crippen molar-refractivity contribution in [2.24, 2.45) is 0 Å². The van der Waals surface area contributed by atoms with Crippen LogP contribution in [0.3, 0.4) is 0 Å². The molecule has 0 amide bonds. The van der Waals surface area contributed by atoms with Gasteiger partial charge in [0.15, 0.2) is 0 Å². The smallest absolute Gasteiger partial charge is 0.132 e. The van der Waals surface area contributed by atoms with Gasteiger partial charge in [0.2, 0.25) is 0 Å². The minimum atomic E-state index is -1.05. The lowest BCUT2D eigenvalue weighted by molar-refractivity contribution is 0.173. The molecule has 1 N–H and O–H groups in total. The molecule has 0 spiro atoms. The van der Waals surface area contributed by atoms with Crippen molar-refractivity contribution in [3.63, 3.8) is 0 Å². The Morgan fingerprint density at radius 2 is 1.95 bits per heavy atom. The lowest BCUT2D eigenvalue weighted by Gasteiger charge is -2.13. The summed E-state index contributed by atoms with van der Waals surface area (Å²) >= 11 is 3.18. The van der Waals surface area contributed by atoms with Gasteiger partial charge in [0, 0.05) is 22.5 Å². The largest absolute Gasteiger partial charge is 0.497 e. The van der Waals surface area contributed by atoms with Crippen LogP contribution in [0.1, 0.15) is 17.2 Å². The third kappa shape index (κ3) is 3.55. The number of rotatable bonds is 4. The maximum Gasteiger partial charge on any atom is 0.132 e. The number of ether oxygens (including phenoxy) is 1. The van der Waals surface area contributed by atoms with Gasteiger partial charge in [-0.15, -0.1) is 0 Å². The Hall–Kier alpha value is -1.46. The quantitative estimate of drug-likeness (QED) is 0.909. The van der Waals surface area contributed by atoms with Gasteiger partial charge in [0.25, 0.3) is 0 Å². The summed E-state index contributed by atoms with van der Waals surface area (Å²) in [6, 6.07) is 8.57. The van der Waals surface area contributed by atoms with Gasteiger partial charge in [-0.2, -0.15) is 0 Å². The molecule has 0 bridgehead atoms. The summed E-state index contributed by atoms with van der Waals surface area (Å²) in [5.74, 6) is -0.573. The number of halogens is 3. The van der Waals surface area contributed by atoms with Crippen LogP contribution in [0.2, 0.25) is 0 Å². The molecular formula is C15H13BrF2O2. The number of hydrogen-bond acceptors (Lipinski definition) is 2. The highest BCUT2D eigenvalue weighted by molar-refractivity contribution is 9.10. The van der Waals surface area contributed by atoms with Gasteiger partial charge in [-0.05, 0) is 35.9 Å². The van der Waals surface area contributed by atoms with Gasteiger partial charge in [-0.3, -0.25) is 0 Å². The Bertz CT molecular complexity index is 597. The van der Waals surface area contributed by atoms with E-state index in [0.29, 0.717) is 15.8 Å². The van der Waals surface area contributed by atoms with Gasteiger partial charge in [-0.1, -0.05) is 15.9 Å². The molecule has 0 radical (unpaired) electrons. The monoisotopic (exact) mass is 342 g/mol. The van der Waals surface area contributed by atoms with E-state index in [1.54, 1.807) is 12.1 Å². The van der Waals surface area contributed by atoms with Crippen molar-refractivity contribution in [3.8, 4) is 5.75 Å². The summed E-state index contributed by atoms with van der Waals surface area (Å²) in [7, 11) is 1.44. The number of aliphatic hydroxyl groups excluding tert-OH is 1. The topological polar surface area (TPSA) is 29.5 Å². The van der Waals surface area contributed by atoms with Crippen LogP contribution in [0.5, 0.6) is 5.75 Å². The zero-order valence-corrected chi connectivity index (χ0v) is 12.3. The van der Waals surface area contributed by atoms with Crippen molar-refractivity contribution >= 4 is 15.9 Å². The molecule has 5 heteroatoms. The van der Waals surface area contributed by atoms with Gasteiger partial charge in [0.05, 0.1) is 13.2 Å². The second kappa shape index (κ2) is 6.33. The molecule has 1 unspecified atom stereocenters. The summed E-state index contributed by atoms with van der Waals surface area (Å²) in [4.78, 5) is 0. The molecule has 0 saturated heterocycles. The average molecular weight is 343 g/mol. The molecular weight excluding hydrogens is 330 g/mol. The minimum Gasteiger partial charge on any atom is -0.497 e. The molecule has 1 atom stereocenters. The van der Waals surface area contributed by atoms with Gasteiger partial charge >= 0.3 is 0 Å². The highest BCUT2D eigenvalue weighted by atomic mass is 79.9. The second-order valence-electron chi connectivity index (χ2n) is 4.39. The first kappa shape index (κ1) is 14.9. The molecule has 2 aromatic rings. The minimum absolute atomic E-state index is 0.125. The van der Waals surface area contributed by atoms with E-state index in [4.69, 9.17) is 4.74 Å². The van der Waals surface area contributed by atoms with Crippen molar-refractivity contribution in [2.45, 2.75) is 12.5 Å². The zero-order valence-electron chi connectivity index (χ0n) is 10.7. The number of benzene rings is 2. The van der Waals surface area contributed by atoms with Crippen molar-refractivity contribution in [3.05, 3.63) is 63.6 Å². The highest BCUT2D eigenvalue weighted by Gasteiger charge is 2.15. The Morgan fingerprint density at radius 3 is 2.55 bits per heavy atom. The van der Waals surface area contributed by atoms with Crippen LogP contribution in [0.15, 0.2) is 40.9 Å². The summed E-state index contributed by atoms with van der Waals surface area (Å²) in [6.45, 7) is 0.